The van der Waals surface area contributed by atoms with Crippen molar-refractivity contribution in [1.82, 2.24) is 19.9 Å². The van der Waals surface area contributed by atoms with Gasteiger partial charge in [0.15, 0.2) is 11.9 Å². The first kappa shape index (κ1) is 31.3. The number of hydrogen-bond donors (Lipinski definition) is 4. The summed E-state index contributed by atoms with van der Waals surface area (Å²) < 4.78 is 56.7. The van der Waals surface area contributed by atoms with E-state index in [0.29, 0.717) is 21.4 Å². The highest BCUT2D eigenvalue weighted by molar-refractivity contribution is 7.80. The Balaban J connectivity index is 1.64. The fraction of sp³-hybridized carbons (Fsp3) is 0.286. The van der Waals surface area contributed by atoms with Crippen molar-refractivity contribution < 1.29 is 32.2 Å². The third-order valence-corrected chi connectivity index (χ3v) is 7.63. The Morgan fingerprint density at radius 2 is 1.84 bits per heavy atom. The lowest BCUT2D eigenvalue weighted by atomic mass is 10.0. The number of aromatic nitrogens is 3. The molecule has 2 atom stereocenters. The summed E-state index contributed by atoms with van der Waals surface area (Å²) in [6.07, 6.45) is 2.58. The number of fused-ring (bicyclic) bond motifs is 1. The van der Waals surface area contributed by atoms with Crippen LogP contribution >= 0.6 is 0 Å². The normalized spacial score (nSPS) is 12.7. The van der Waals surface area contributed by atoms with Gasteiger partial charge in [0.25, 0.3) is 5.91 Å². The van der Waals surface area contributed by atoms with E-state index in [4.69, 9.17) is 0 Å². The molecule has 0 radical (unpaired) electrons. The number of carboxylic acid groups (broad SMARTS) is 1. The molecule has 2 heterocycles. The van der Waals surface area contributed by atoms with E-state index < -0.39 is 63.7 Å². The lowest BCUT2D eigenvalue weighted by Crippen LogP contribution is -2.50. The first-order chi connectivity index (χ1) is 20.2. The van der Waals surface area contributed by atoms with E-state index in [2.05, 4.69) is 20.6 Å². The summed E-state index contributed by atoms with van der Waals surface area (Å²) in [6.45, 7) is 5.82. The second-order valence-corrected chi connectivity index (χ2v) is 11.0. The van der Waals surface area contributed by atoms with Crippen LogP contribution in [-0.4, -0.2) is 52.9 Å². The van der Waals surface area contributed by atoms with Gasteiger partial charge in [-0.2, -0.15) is 0 Å². The van der Waals surface area contributed by atoms with Crippen molar-refractivity contribution in [1.29, 1.82) is 0 Å². The van der Waals surface area contributed by atoms with Crippen molar-refractivity contribution in [3.8, 4) is 0 Å². The van der Waals surface area contributed by atoms with Crippen LogP contribution in [0.4, 0.5) is 20.4 Å². The van der Waals surface area contributed by atoms with Gasteiger partial charge >= 0.3 is 5.97 Å². The summed E-state index contributed by atoms with van der Waals surface area (Å²) in [5.41, 5.74) is 0.591. The number of carbonyl (C=O) groups is 2. The molecule has 12 nitrogen and oxygen atoms in total. The van der Waals surface area contributed by atoms with Gasteiger partial charge in [-0.05, 0) is 44.9 Å². The number of aromatic amines is 1. The molecule has 1 amide bonds. The Kier molecular flexibility index (Phi) is 8.96. The quantitative estimate of drug-likeness (QED) is 0.197. The minimum Gasteiger partial charge on any atom is -0.755 e. The van der Waals surface area contributed by atoms with Gasteiger partial charge in [0.05, 0.1) is 23.1 Å². The molecule has 43 heavy (non-hydrogen) atoms. The zero-order chi connectivity index (χ0) is 31.7. The van der Waals surface area contributed by atoms with Gasteiger partial charge < -0.3 is 29.8 Å². The van der Waals surface area contributed by atoms with Gasteiger partial charge in [-0.3, -0.25) is 18.1 Å². The molecule has 15 heteroatoms. The minimum atomic E-state index is -3.05. The van der Waals surface area contributed by atoms with Crippen molar-refractivity contribution >= 4 is 45.7 Å². The van der Waals surface area contributed by atoms with Gasteiger partial charge in [0.2, 0.25) is 11.4 Å². The topological polar surface area (TPSA) is 172 Å². The van der Waals surface area contributed by atoms with Crippen LogP contribution in [0.3, 0.4) is 0 Å². The van der Waals surface area contributed by atoms with Crippen LogP contribution in [0.2, 0.25) is 0 Å². The molecule has 0 saturated heterocycles. The van der Waals surface area contributed by atoms with E-state index in [0.717, 1.165) is 28.1 Å². The summed E-state index contributed by atoms with van der Waals surface area (Å²) >= 11 is -3.05. The van der Waals surface area contributed by atoms with Crippen LogP contribution in [0, 0.1) is 39.3 Å². The Morgan fingerprint density at radius 1 is 1.19 bits per heavy atom. The molecule has 0 aliphatic heterocycles. The van der Waals surface area contributed by atoms with Crippen molar-refractivity contribution in [2.45, 2.75) is 40.3 Å². The zero-order valence-electron chi connectivity index (χ0n) is 23.9. The van der Waals surface area contributed by atoms with Gasteiger partial charge in [0.1, 0.15) is 11.4 Å². The number of amides is 1. The maximum atomic E-state index is 15.5. The third-order valence-electron chi connectivity index (χ3n) is 6.87. The highest BCUT2D eigenvalue weighted by Crippen LogP contribution is 2.29. The van der Waals surface area contributed by atoms with Crippen LogP contribution < -0.4 is 20.4 Å². The number of nitrogens with zero attached hydrogens (tertiary/aromatic N) is 3. The summed E-state index contributed by atoms with van der Waals surface area (Å²) in [4.78, 5) is 45.4. The van der Waals surface area contributed by atoms with Crippen molar-refractivity contribution in [3.63, 3.8) is 0 Å². The Morgan fingerprint density at radius 3 is 2.40 bits per heavy atom. The second-order valence-electron chi connectivity index (χ2n) is 10.2. The van der Waals surface area contributed by atoms with Crippen molar-refractivity contribution in [2.24, 2.45) is 7.05 Å². The monoisotopic (exact) mass is 615 g/mol. The Labute approximate surface area is 247 Å². The standard InChI is InChI=1S/C28H30F2N6O6S/c1-13-6-14(2)23(15(3)7-13)36(43(41)42)21(27(39)40)11-31-26(38)19-12-35(5)24-17(25(19)37)8-20(29)18(22(24)30)10-33-28-32-9-16(4)34-28/h6-9,12,21H,10-11H2,1-5H3,(H,31,38)(H,39,40)(H,41,42)(H2,32,33,34)/p-1. The van der Waals surface area contributed by atoms with Crippen LogP contribution in [0.25, 0.3) is 10.9 Å². The predicted octanol–water partition coefficient (Wildman–Crippen LogP) is 2.87. The van der Waals surface area contributed by atoms with Crippen LogP contribution in [-0.2, 0) is 29.7 Å². The molecule has 0 aliphatic rings. The maximum Gasteiger partial charge on any atom is 0.329 e. The number of imidazole rings is 1. The predicted molar refractivity (Wildman–Crippen MR) is 156 cm³/mol. The molecule has 0 saturated carbocycles. The first-order valence-electron chi connectivity index (χ1n) is 12.9. The number of carbonyl (C=O) groups excluding carboxylic acids is 1. The highest BCUT2D eigenvalue weighted by Gasteiger charge is 2.31. The molecule has 4 N–H and O–H groups in total. The maximum absolute atomic E-state index is 15.5. The van der Waals surface area contributed by atoms with Gasteiger partial charge in [-0.25, -0.2) is 18.6 Å². The van der Waals surface area contributed by atoms with Gasteiger partial charge in [-0.15, -0.1) is 0 Å². The molecule has 228 valence electrons. The molecule has 2 aromatic carbocycles. The molecule has 0 bridgehead atoms. The molecule has 4 aromatic rings. The fourth-order valence-corrected chi connectivity index (χ4v) is 5.85. The molecule has 2 aromatic heterocycles. The number of rotatable bonds is 10. The average Bonchev–Trinajstić information content (AvgIpc) is 3.33. The van der Waals surface area contributed by atoms with E-state index in [-0.39, 0.29) is 23.3 Å². The van der Waals surface area contributed by atoms with E-state index in [9.17, 15) is 28.3 Å². The van der Waals surface area contributed by atoms with Crippen LogP contribution in [0.1, 0.15) is 38.3 Å². The van der Waals surface area contributed by atoms with Crippen LogP contribution in [0.5, 0.6) is 0 Å². The van der Waals surface area contributed by atoms with Crippen molar-refractivity contribution in [2.75, 3.05) is 16.2 Å². The summed E-state index contributed by atoms with van der Waals surface area (Å²) in [7, 11) is 1.36. The van der Waals surface area contributed by atoms with E-state index >= 15 is 8.78 Å². The van der Waals surface area contributed by atoms with E-state index in [1.807, 2.05) is 0 Å². The second kappa shape index (κ2) is 12.3. The molecule has 4 rings (SSSR count). The number of carboxylic acids is 1. The Hall–Kier alpha value is -4.63. The smallest absolute Gasteiger partial charge is 0.329 e. The summed E-state index contributed by atoms with van der Waals surface area (Å²) in [5.74, 6) is -4.35. The molecule has 0 aliphatic carbocycles. The largest absolute Gasteiger partial charge is 0.755 e. The van der Waals surface area contributed by atoms with Crippen LogP contribution in [0.15, 0.2) is 35.4 Å². The zero-order valence-corrected chi connectivity index (χ0v) is 24.7. The number of halogens is 2. The number of hydrogen-bond acceptors (Lipinski definition) is 7. The number of H-pyrrole nitrogens is 1. The third kappa shape index (κ3) is 6.27. The Bertz CT molecular complexity index is 1820. The fourth-order valence-electron chi connectivity index (χ4n) is 5.04. The first-order valence-corrected chi connectivity index (χ1v) is 14.0. The lowest BCUT2D eigenvalue weighted by Gasteiger charge is -2.34. The number of aliphatic carboxylic acids is 1. The van der Waals surface area contributed by atoms with E-state index in [1.165, 1.54) is 13.2 Å². The molecular weight excluding hydrogens is 586 g/mol. The number of benzene rings is 2. The van der Waals surface area contributed by atoms with Crippen molar-refractivity contribution in [3.05, 3.63) is 86.0 Å². The minimum absolute atomic E-state index is 0.139. The SMILES string of the molecule is Cc1cc(C)c(N(C(CNC(=O)c2cn(C)c3c(F)c(CNc4ncc(C)[nH]4)c(F)cc3c2=O)C(=O)O)S(=O)[O-])c(C)c1. The summed E-state index contributed by atoms with van der Waals surface area (Å²) in [5, 5.41) is 14.5. The molecule has 2 unspecified atom stereocenters. The van der Waals surface area contributed by atoms with E-state index in [1.54, 1.807) is 39.8 Å². The highest BCUT2D eigenvalue weighted by atomic mass is 32.2. The summed E-state index contributed by atoms with van der Waals surface area (Å²) in [6, 6.07) is 2.44. The molecular formula is C28H29F2N6O6S-. The van der Waals surface area contributed by atoms with Gasteiger partial charge in [-0.1, -0.05) is 17.7 Å². The average molecular weight is 616 g/mol. The van der Waals surface area contributed by atoms with Gasteiger partial charge in [0, 0.05) is 48.5 Å². The number of nitrogens with one attached hydrogen (secondary N) is 3. The molecule has 0 spiro atoms. The number of aryl methyl sites for hydroxylation is 5. The lowest BCUT2D eigenvalue weighted by molar-refractivity contribution is -0.138. The molecule has 0 fully saturated rings. The number of anilines is 2. The number of pyridine rings is 1.